The summed E-state index contributed by atoms with van der Waals surface area (Å²) < 4.78 is 5.51. The predicted molar refractivity (Wildman–Crippen MR) is 70.5 cm³/mol. The quantitative estimate of drug-likeness (QED) is 0.824. The SMILES string of the molecule is CC(CCN)CNC(=O)C1COc2ccccc21. The molecule has 1 heterocycles. The summed E-state index contributed by atoms with van der Waals surface area (Å²) in [5, 5.41) is 2.98. The molecule has 1 aromatic rings. The van der Waals surface area contributed by atoms with Gasteiger partial charge in [0.2, 0.25) is 5.91 Å². The summed E-state index contributed by atoms with van der Waals surface area (Å²) in [5.41, 5.74) is 6.48. The molecule has 18 heavy (non-hydrogen) atoms. The van der Waals surface area contributed by atoms with Crippen LogP contribution in [0.15, 0.2) is 24.3 Å². The number of hydrogen-bond acceptors (Lipinski definition) is 3. The van der Waals surface area contributed by atoms with Crippen LogP contribution in [0.3, 0.4) is 0 Å². The summed E-state index contributed by atoms with van der Waals surface area (Å²) in [5.74, 6) is 1.11. The number of fused-ring (bicyclic) bond motifs is 1. The number of rotatable bonds is 5. The summed E-state index contributed by atoms with van der Waals surface area (Å²) in [6, 6.07) is 7.71. The van der Waals surface area contributed by atoms with E-state index in [0.29, 0.717) is 25.6 Å². The standard InChI is InChI=1S/C14H20N2O2/c1-10(6-7-15)8-16-14(17)12-9-18-13-5-3-2-4-11(12)13/h2-5,10,12H,6-9,15H2,1H3,(H,16,17). The molecule has 1 aliphatic rings. The molecule has 0 aromatic heterocycles. The second kappa shape index (κ2) is 5.87. The highest BCUT2D eigenvalue weighted by atomic mass is 16.5. The minimum atomic E-state index is -0.175. The molecular weight excluding hydrogens is 228 g/mol. The van der Waals surface area contributed by atoms with Crippen LogP contribution in [0.4, 0.5) is 0 Å². The Hall–Kier alpha value is -1.55. The Kier molecular flexibility index (Phi) is 4.20. The molecule has 0 fully saturated rings. The Bertz CT molecular complexity index is 420. The van der Waals surface area contributed by atoms with Crippen molar-refractivity contribution in [1.29, 1.82) is 0 Å². The molecule has 0 aliphatic carbocycles. The molecule has 98 valence electrons. The van der Waals surface area contributed by atoms with Gasteiger partial charge < -0.3 is 15.8 Å². The van der Waals surface area contributed by atoms with Crippen molar-refractivity contribution >= 4 is 5.91 Å². The van der Waals surface area contributed by atoms with Crippen LogP contribution in [0.2, 0.25) is 0 Å². The Morgan fingerprint density at radius 3 is 3.11 bits per heavy atom. The van der Waals surface area contributed by atoms with E-state index in [9.17, 15) is 4.79 Å². The van der Waals surface area contributed by atoms with Gasteiger partial charge in [-0.3, -0.25) is 4.79 Å². The number of nitrogens with two attached hydrogens (primary N) is 1. The van der Waals surface area contributed by atoms with E-state index >= 15 is 0 Å². The molecule has 4 heteroatoms. The van der Waals surface area contributed by atoms with E-state index in [1.54, 1.807) is 0 Å². The van der Waals surface area contributed by atoms with Crippen molar-refractivity contribution in [2.75, 3.05) is 19.7 Å². The molecule has 1 aromatic carbocycles. The van der Waals surface area contributed by atoms with Crippen LogP contribution < -0.4 is 15.8 Å². The third-order valence-corrected chi connectivity index (χ3v) is 3.30. The highest BCUT2D eigenvalue weighted by Gasteiger charge is 2.29. The molecule has 0 radical (unpaired) electrons. The highest BCUT2D eigenvalue weighted by molar-refractivity contribution is 5.85. The lowest BCUT2D eigenvalue weighted by Gasteiger charge is -2.14. The van der Waals surface area contributed by atoms with Crippen molar-refractivity contribution < 1.29 is 9.53 Å². The first kappa shape index (κ1) is 12.9. The Labute approximate surface area is 108 Å². The number of amides is 1. The number of carbonyl (C=O) groups excluding carboxylic acids is 1. The van der Waals surface area contributed by atoms with Crippen LogP contribution in [0.5, 0.6) is 5.75 Å². The predicted octanol–water partition coefficient (Wildman–Crippen LogP) is 1.26. The summed E-state index contributed by atoms with van der Waals surface area (Å²) in [6.07, 6.45) is 0.929. The number of carbonyl (C=O) groups is 1. The van der Waals surface area contributed by atoms with Crippen molar-refractivity contribution in [2.24, 2.45) is 11.7 Å². The summed E-state index contributed by atoms with van der Waals surface area (Å²) in [7, 11) is 0. The number of benzene rings is 1. The molecule has 0 saturated heterocycles. The molecule has 0 spiro atoms. The van der Waals surface area contributed by atoms with Crippen LogP contribution in [0.25, 0.3) is 0 Å². The fourth-order valence-electron chi connectivity index (χ4n) is 2.16. The third-order valence-electron chi connectivity index (χ3n) is 3.30. The van der Waals surface area contributed by atoms with Gasteiger partial charge >= 0.3 is 0 Å². The normalized spacial score (nSPS) is 18.9. The van der Waals surface area contributed by atoms with Crippen molar-refractivity contribution in [3.8, 4) is 5.75 Å². The summed E-state index contributed by atoms with van der Waals surface area (Å²) in [4.78, 5) is 12.1. The van der Waals surface area contributed by atoms with Crippen molar-refractivity contribution in [1.82, 2.24) is 5.32 Å². The lowest BCUT2D eigenvalue weighted by atomic mass is 10.00. The zero-order valence-electron chi connectivity index (χ0n) is 10.7. The van der Waals surface area contributed by atoms with Crippen molar-refractivity contribution in [3.05, 3.63) is 29.8 Å². The third kappa shape index (κ3) is 2.82. The van der Waals surface area contributed by atoms with E-state index in [-0.39, 0.29) is 11.8 Å². The van der Waals surface area contributed by atoms with Gasteiger partial charge in [0.05, 0.1) is 0 Å². The van der Waals surface area contributed by atoms with Crippen LogP contribution in [0.1, 0.15) is 24.8 Å². The molecule has 4 nitrogen and oxygen atoms in total. The zero-order chi connectivity index (χ0) is 13.0. The molecule has 2 unspecified atom stereocenters. The molecule has 1 amide bonds. The van der Waals surface area contributed by atoms with E-state index in [1.165, 1.54) is 0 Å². The lowest BCUT2D eigenvalue weighted by molar-refractivity contribution is -0.122. The van der Waals surface area contributed by atoms with E-state index < -0.39 is 0 Å². The fraction of sp³-hybridized carbons (Fsp3) is 0.500. The maximum Gasteiger partial charge on any atom is 0.231 e. The van der Waals surface area contributed by atoms with Crippen molar-refractivity contribution in [2.45, 2.75) is 19.3 Å². The van der Waals surface area contributed by atoms with Crippen LogP contribution >= 0.6 is 0 Å². The molecular formula is C14H20N2O2. The number of nitrogens with one attached hydrogen (secondary N) is 1. The van der Waals surface area contributed by atoms with Gasteiger partial charge in [0, 0.05) is 12.1 Å². The van der Waals surface area contributed by atoms with Gasteiger partial charge in [-0.1, -0.05) is 25.1 Å². The zero-order valence-corrected chi connectivity index (χ0v) is 10.7. The van der Waals surface area contributed by atoms with Gasteiger partial charge in [-0.2, -0.15) is 0 Å². The molecule has 1 aliphatic heterocycles. The van der Waals surface area contributed by atoms with Gasteiger partial charge in [0.1, 0.15) is 18.3 Å². The summed E-state index contributed by atoms with van der Waals surface area (Å²) >= 11 is 0. The molecule has 2 atom stereocenters. The first-order chi connectivity index (χ1) is 8.72. The average molecular weight is 248 g/mol. The van der Waals surface area contributed by atoms with Gasteiger partial charge in [-0.25, -0.2) is 0 Å². The van der Waals surface area contributed by atoms with Crippen LogP contribution in [-0.4, -0.2) is 25.6 Å². The van der Waals surface area contributed by atoms with Gasteiger partial charge in [0.15, 0.2) is 0 Å². The Morgan fingerprint density at radius 2 is 2.33 bits per heavy atom. The van der Waals surface area contributed by atoms with E-state index in [4.69, 9.17) is 10.5 Å². The first-order valence-electron chi connectivity index (χ1n) is 6.42. The fourth-order valence-corrected chi connectivity index (χ4v) is 2.16. The number of hydrogen-bond donors (Lipinski definition) is 2. The largest absolute Gasteiger partial charge is 0.492 e. The second-order valence-electron chi connectivity index (χ2n) is 4.83. The first-order valence-corrected chi connectivity index (χ1v) is 6.42. The monoisotopic (exact) mass is 248 g/mol. The van der Waals surface area contributed by atoms with Gasteiger partial charge in [-0.05, 0) is 24.9 Å². The average Bonchev–Trinajstić information content (AvgIpc) is 2.80. The Morgan fingerprint density at radius 1 is 1.56 bits per heavy atom. The number of ether oxygens (including phenoxy) is 1. The molecule has 3 N–H and O–H groups in total. The van der Waals surface area contributed by atoms with E-state index in [0.717, 1.165) is 17.7 Å². The van der Waals surface area contributed by atoms with Crippen LogP contribution in [0, 0.1) is 5.92 Å². The second-order valence-corrected chi connectivity index (χ2v) is 4.83. The topological polar surface area (TPSA) is 64.3 Å². The van der Waals surface area contributed by atoms with E-state index in [1.807, 2.05) is 24.3 Å². The van der Waals surface area contributed by atoms with Gasteiger partial charge in [0.25, 0.3) is 0 Å². The molecule has 2 rings (SSSR count). The highest BCUT2D eigenvalue weighted by Crippen LogP contribution is 2.33. The van der Waals surface area contributed by atoms with Crippen LogP contribution in [-0.2, 0) is 4.79 Å². The maximum atomic E-state index is 12.1. The minimum absolute atomic E-state index is 0.0452. The summed E-state index contributed by atoms with van der Waals surface area (Å²) in [6.45, 7) is 3.86. The lowest BCUT2D eigenvalue weighted by Crippen LogP contribution is -2.33. The Balaban J connectivity index is 1.91. The van der Waals surface area contributed by atoms with Crippen molar-refractivity contribution in [3.63, 3.8) is 0 Å². The number of para-hydroxylation sites is 1. The van der Waals surface area contributed by atoms with Gasteiger partial charge in [-0.15, -0.1) is 0 Å². The molecule has 0 bridgehead atoms. The molecule has 0 saturated carbocycles. The van der Waals surface area contributed by atoms with E-state index in [2.05, 4.69) is 12.2 Å². The minimum Gasteiger partial charge on any atom is -0.492 e. The smallest absolute Gasteiger partial charge is 0.231 e. The maximum absolute atomic E-state index is 12.1.